The lowest BCUT2D eigenvalue weighted by atomic mass is 9.87. The molecule has 1 N–H and O–H groups in total. The van der Waals surface area contributed by atoms with Gasteiger partial charge in [-0.25, -0.2) is 14.4 Å². The van der Waals surface area contributed by atoms with Crippen LogP contribution in [0.5, 0.6) is 0 Å². The molecule has 0 saturated heterocycles. The fourth-order valence-electron chi connectivity index (χ4n) is 4.62. The average Bonchev–Trinajstić information content (AvgIpc) is 3.28. The molecule has 1 saturated carbocycles. The number of nitrogens with one attached hydrogen (secondary N) is 1. The first kappa shape index (κ1) is 19.4. The molecule has 2 aromatic heterocycles. The number of thiophene rings is 1. The second-order valence-corrected chi connectivity index (χ2v) is 9.20. The molecule has 0 aliphatic heterocycles. The van der Waals surface area contributed by atoms with Crippen molar-refractivity contribution in [2.24, 2.45) is 5.92 Å². The molecular weight excluding hydrogens is 397 g/mol. The lowest BCUT2D eigenvalue weighted by Crippen LogP contribution is -2.20. The molecule has 0 spiro atoms. The lowest BCUT2D eigenvalue weighted by Gasteiger charge is -2.22. The number of benzene rings is 1. The molecule has 0 radical (unpaired) electrons. The Labute approximate surface area is 179 Å². The van der Waals surface area contributed by atoms with Gasteiger partial charge in [0.15, 0.2) is 5.82 Å². The van der Waals surface area contributed by atoms with Crippen molar-refractivity contribution in [2.75, 3.05) is 5.32 Å². The van der Waals surface area contributed by atoms with Gasteiger partial charge < -0.3 is 5.32 Å². The van der Waals surface area contributed by atoms with Gasteiger partial charge in [0.05, 0.1) is 16.3 Å². The number of carbonyl (C=O) groups excluding carboxylic acids is 1. The largest absolute Gasteiger partial charge is 0.309 e. The molecule has 4 nitrogen and oxygen atoms in total. The monoisotopic (exact) mass is 421 g/mol. The summed E-state index contributed by atoms with van der Waals surface area (Å²) in [4.78, 5) is 23.5. The fraction of sp³-hybridized carbons (Fsp3) is 0.375. The second kappa shape index (κ2) is 8.26. The van der Waals surface area contributed by atoms with E-state index < -0.39 is 0 Å². The number of halogens is 1. The highest BCUT2D eigenvalue weighted by Gasteiger charge is 2.24. The van der Waals surface area contributed by atoms with Gasteiger partial charge in [0.2, 0.25) is 5.91 Å². The summed E-state index contributed by atoms with van der Waals surface area (Å²) in [5.41, 5.74) is 4.25. The minimum absolute atomic E-state index is 0.0206. The van der Waals surface area contributed by atoms with Crippen molar-refractivity contribution in [3.63, 3.8) is 0 Å². The van der Waals surface area contributed by atoms with E-state index in [1.165, 1.54) is 25.3 Å². The van der Waals surface area contributed by atoms with Crippen LogP contribution in [0.25, 0.3) is 21.8 Å². The zero-order valence-corrected chi connectivity index (χ0v) is 17.6. The summed E-state index contributed by atoms with van der Waals surface area (Å²) in [6.45, 7) is 0. The average molecular weight is 422 g/mol. The zero-order valence-electron chi connectivity index (χ0n) is 16.8. The quantitative estimate of drug-likeness (QED) is 0.560. The SMILES string of the molecule is O=C(CC1CCCCC1)Nc1nc2c(nc1-c1cccs1)-c1ccc(F)cc1CC2. The number of carbonyl (C=O) groups is 1. The summed E-state index contributed by atoms with van der Waals surface area (Å²) < 4.78 is 13.7. The van der Waals surface area contributed by atoms with E-state index in [4.69, 9.17) is 9.97 Å². The van der Waals surface area contributed by atoms with Crippen LogP contribution in [-0.2, 0) is 17.6 Å². The van der Waals surface area contributed by atoms with E-state index in [9.17, 15) is 9.18 Å². The number of hydrogen-bond acceptors (Lipinski definition) is 4. The highest BCUT2D eigenvalue weighted by atomic mass is 32.1. The smallest absolute Gasteiger partial charge is 0.225 e. The van der Waals surface area contributed by atoms with Gasteiger partial charge in [0, 0.05) is 12.0 Å². The number of aryl methyl sites for hydroxylation is 2. The van der Waals surface area contributed by atoms with E-state index >= 15 is 0 Å². The number of rotatable bonds is 4. The summed E-state index contributed by atoms with van der Waals surface area (Å²) in [5, 5.41) is 5.06. The standard InChI is InChI=1S/C24H24FN3OS/c25-17-9-10-18-16(14-17)8-11-19-22(18)28-23(20-7-4-12-30-20)24(26-19)27-21(29)13-15-5-2-1-3-6-15/h4,7,9-10,12,14-15H,1-3,5-6,8,11,13H2,(H,26,27,29). The van der Waals surface area contributed by atoms with Crippen molar-refractivity contribution in [3.05, 3.63) is 52.8 Å². The van der Waals surface area contributed by atoms with Crippen LogP contribution >= 0.6 is 11.3 Å². The van der Waals surface area contributed by atoms with Gasteiger partial charge in [-0.3, -0.25) is 4.79 Å². The maximum Gasteiger partial charge on any atom is 0.225 e. The Hall–Kier alpha value is -2.60. The number of hydrogen-bond donors (Lipinski definition) is 1. The van der Waals surface area contributed by atoms with Crippen molar-refractivity contribution in [1.29, 1.82) is 0 Å². The van der Waals surface area contributed by atoms with Crippen LogP contribution in [0.4, 0.5) is 10.2 Å². The van der Waals surface area contributed by atoms with Crippen molar-refractivity contribution >= 4 is 23.1 Å². The van der Waals surface area contributed by atoms with Crippen molar-refractivity contribution < 1.29 is 9.18 Å². The van der Waals surface area contributed by atoms with Gasteiger partial charge in [-0.1, -0.05) is 25.3 Å². The number of nitrogens with zero attached hydrogens (tertiary/aromatic N) is 2. The summed E-state index contributed by atoms with van der Waals surface area (Å²) >= 11 is 1.57. The first-order valence-corrected chi connectivity index (χ1v) is 11.6. The van der Waals surface area contributed by atoms with Crippen molar-refractivity contribution in [3.8, 4) is 21.8 Å². The minimum Gasteiger partial charge on any atom is -0.309 e. The fourth-order valence-corrected chi connectivity index (χ4v) is 5.34. The third-order valence-electron chi connectivity index (χ3n) is 6.13. The Kier molecular flexibility index (Phi) is 5.34. The summed E-state index contributed by atoms with van der Waals surface area (Å²) in [5.74, 6) is 0.807. The topological polar surface area (TPSA) is 54.9 Å². The Bertz CT molecular complexity index is 1070. The minimum atomic E-state index is -0.227. The van der Waals surface area contributed by atoms with E-state index in [1.807, 2.05) is 17.5 Å². The molecule has 1 aromatic carbocycles. The van der Waals surface area contributed by atoms with Gasteiger partial charge in [-0.2, -0.15) is 0 Å². The van der Waals surface area contributed by atoms with E-state index in [2.05, 4.69) is 5.32 Å². The predicted molar refractivity (Wildman–Crippen MR) is 118 cm³/mol. The van der Waals surface area contributed by atoms with Crippen molar-refractivity contribution in [1.82, 2.24) is 9.97 Å². The lowest BCUT2D eigenvalue weighted by molar-refractivity contribution is -0.117. The molecule has 2 aliphatic rings. The van der Waals surface area contributed by atoms with Crippen LogP contribution in [0.1, 0.15) is 49.8 Å². The highest BCUT2D eigenvalue weighted by molar-refractivity contribution is 7.13. The van der Waals surface area contributed by atoms with E-state index in [0.717, 1.165) is 46.7 Å². The zero-order chi connectivity index (χ0) is 20.5. The molecular formula is C24H24FN3OS. The number of anilines is 1. The van der Waals surface area contributed by atoms with Gasteiger partial charge >= 0.3 is 0 Å². The maximum absolute atomic E-state index is 13.7. The van der Waals surface area contributed by atoms with Crippen LogP contribution in [-0.4, -0.2) is 15.9 Å². The van der Waals surface area contributed by atoms with E-state index in [-0.39, 0.29) is 11.7 Å². The molecule has 1 fully saturated rings. The number of amides is 1. The highest BCUT2D eigenvalue weighted by Crippen LogP contribution is 2.37. The third kappa shape index (κ3) is 3.88. The molecule has 1 amide bonds. The van der Waals surface area contributed by atoms with Crippen LogP contribution in [0.3, 0.4) is 0 Å². The third-order valence-corrected chi connectivity index (χ3v) is 7.01. The molecule has 154 valence electrons. The molecule has 2 aliphatic carbocycles. The first-order chi connectivity index (χ1) is 14.7. The summed E-state index contributed by atoms with van der Waals surface area (Å²) in [6.07, 6.45) is 7.95. The van der Waals surface area contributed by atoms with Crippen LogP contribution < -0.4 is 5.32 Å². The molecule has 6 heteroatoms. The van der Waals surface area contributed by atoms with E-state index in [1.54, 1.807) is 23.5 Å². The predicted octanol–water partition coefficient (Wildman–Crippen LogP) is 6.02. The van der Waals surface area contributed by atoms with E-state index in [0.29, 0.717) is 30.3 Å². The molecule has 3 aromatic rings. The molecule has 5 rings (SSSR count). The summed E-state index contributed by atoms with van der Waals surface area (Å²) in [7, 11) is 0. The van der Waals surface area contributed by atoms with Crippen LogP contribution in [0.2, 0.25) is 0 Å². The van der Waals surface area contributed by atoms with Crippen molar-refractivity contribution in [2.45, 2.75) is 51.4 Å². The molecule has 0 unspecified atom stereocenters. The maximum atomic E-state index is 13.7. The molecule has 0 bridgehead atoms. The normalized spacial score (nSPS) is 16.0. The van der Waals surface area contributed by atoms with Gasteiger partial charge in [-0.05, 0) is 66.8 Å². The summed E-state index contributed by atoms with van der Waals surface area (Å²) in [6, 6.07) is 8.81. The molecule has 0 atom stereocenters. The van der Waals surface area contributed by atoms with Crippen LogP contribution in [0.15, 0.2) is 35.7 Å². The van der Waals surface area contributed by atoms with Gasteiger partial charge in [0.25, 0.3) is 0 Å². The van der Waals surface area contributed by atoms with Crippen LogP contribution in [0, 0.1) is 11.7 Å². The Morgan fingerprint density at radius 2 is 1.97 bits per heavy atom. The number of fused-ring (bicyclic) bond motifs is 3. The van der Waals surface area contributed by atoms with Gasteiger partial charge in [0.1, 0.15) is 11.5 Å². The Morgan fingerprint density at radius 3 is 2.77 bits per heavy atom. The Morgan fingerprint density at radius 1 is 1.10 bits per heavy atom. The second-order valence-electron chi connectivity index (χ2n) is 8.25. The first-order valence-electron chi connectivity index (χ1n) is 10.7. The number of aromatic nitrogens is 2. The Balaban J connectivity index is 1.50. The molecule has 2 heterocycles. The van der Waals surface area contributed by atoms with Gasteiger partial charge in [-0.15, -0.1) is 11.3 Å². The molecule has 30 heavy (non-hydrogen) atoms.